The Morgan fingerprint density at radius 1 is 1.39 bits per heavy atom. The second-order valence-corrected chi connectivity index (χ2v) is 7.25. The first-order valence-electron chi connectivity index (χ1n) is 7.94. The molecule has 0 radical (unpaired) electrons. The molecule has 1 aliphatic heterocycles. The molecule has 1 saturated carbocycles. The monoisotopic (exact) mass is 493 g/mol. The molecule has 128 valence electrons. The highest BCUT2D eigenvalue weighted by molar-refractivity contribution is 14.0. The highest BCUT2D eigenvalue weighted by Crippen LogP contribution is 2.47. The summed E-state index contributed by atoms with van der Waals surface area (Å²) in [5.41, 5.74) is 1.81. The predicted molar refractivity (Wildman–Crippen MR) is 109 cm³/mol. The summed E-state index contributed by atoms with van der Waals surface area (Å²) in [5.74, 6) is 1.88. The van der Waals surface area contributed by atoms with E-state index in [0.29, 0.717) is 5.41 Å². The minimum absolute atomic E-state index is 0. The predicted octanol–water partition coefficient (Wildman–Crippen LogP) is 4.03. The second-order valence-electron chi connectivity index (χ2n) is 6.39. The maximum atomic E-state index is 5.27. The summed E-state index contributed by atoms with van der Waals surface area (Å²) in [7, 11) is 3.56. The van der Waals surface area contributed by atoms with E-state index in [-0.39, 0.29) is 24.0 Å². The number of hydrogen-bond acceptors (Lipinski definition) is 2. The molecule has 1 N–H and O–H groups in total. The van der Waals surface area contributed by atoms with Crippen LogP contribution < -0.4 is 10.1 Å². The summed E-state index contributed by atoms with van der Waals surface area (Å²) in [5, 5.41) is 3.49. The van der Waals surface area contributed by atoms with Crippen molar-refractivity contribution in [3.8, 4) is 5.75 Å². The lowest BCUT2D eigenvalue weighted by atomic mass is 9.68. The third-order valence-electron chi connectivity index (χ3n) is 5.03. The SMILES string of the molecule is CN=C(NCc1ccc(OC)c(Br)c1)N1CCC2(CCC2)C1.I. The topological polar surface area (TPSA) is 36.9 Å². The summed E-state index contributed by atoms with van der Waals surface area (Å²) in [6, 6.07) is 6.17. The Morgan fingerprint density at radius 3 is 2.70 bits per heavy atom. The fraction of sp³-hybridized carbons (Fsp3) is 0.588. The van der Waals surface area contributed by atoms with Gasteiger partial charge in [-0.2, -0.15) is 0 Å². The molecule has 2 fully saturated rings. The van der Waals surface area contributed by atoms with Crippen LogP contribution in [0, 0.1) is 5.41 Å². The van der Waals surface area contributed by atoms with Crippen LogP contribution in [0.15, 0.2) is 27.7 Å². The number of rotatable bonds is 3. The van der Waals surface area contributed by atoms with Crippen LogP contribution >= 0.6 is 39.9 Å². The first-order chi connectivity index (χ1) is 10.7. The molecule has 1 saturated heterocycles. The molecule has 1 aromatic rings. The van der Waals surface area contributed by atoms with Gasteiger partial charge in [0.1, 0.15) is 5.75 Å². The smallest absolute Gasteiger partial charge is 0.193 e. The Labute approximate surface area is 164 Å². The van der Waals surface area contributed by atoms with Crippen molar-refractivity contribution in [2.75, 3.05) is 27.2 Å². The van der Waals surface area contributed by atoms with Crippen molar-refractivity contribution >= 4 is 45.9 Å². The molecule has 0 aromatic heterocycles. The number of nitrogens with one attached hydrogen (secondary N) is 1. The van der Waals surface area contributed by atoms with Crippen LogP contribution in [-0.4, -0.2) is 38.1 Å². The van der Waals surface area contributed by atoms with Gasteiger partial charge in [-0.05, 0) is 58.3 Å². The third-order valence-corrected chi connectivity index (χ3v) is 5.65. The fourth-order valence-corrected chi connectivity index (χ4v) is 4.12. The van der Waals surface area contributed by atoms with E-state index in [2.05, 4.69) is 43.3 Å². The molecule has 1 heterocycles. The van der Waals surface area contributed by atoms with Crippen LogP contribution in [0.5, 0.6) is 5.75 Å². The van der Waals surface area contributed by atoms with Gasteiger partial charge in [-0.3, -0.25) is 4.99 Å². The van der Waals surface area contributed by atoms with Crippen LogP contribution in [0.4, 0.5) is 0 Å². The van der Waals surface area contributed by atoms with Crippen LogP contribution in [0.2, 0.25) is 0 Å². The molecule has 0 bridgehead atoms. The molecule has 1 spiro atoms. The van der Waals surface area contributed by atoms with Crippen molar-refractivity contribution < 1.29 is 4.74 Å². The van der Waals surface area contributed by atoms with Crippen molar-refractivity contribution in [2.24, 2.45) is 10.4 Å². The quantitative estimate of drug-likeness (QED) is 0.392. The number of likely N-dealkylation sites (tertiary alicyclic amines) is 1. The normalized spacial score (nSPS) is 19.3. The van der Waals surface area contributed by atoms with Gasteiger partial charge in [-0.1, -0.05) is 12.5 Å². The maximum absolute atomic E-state index is 5.27. The molecule has 6 heteroatoms. The van der Waals surface area contributed by atoms with Gasteiger partial charge in [0.15, 0.2) is 5.96 Å². The van der Waals surface area contributed by atoms with Gasteiger partial charge in [-0.15, -0.1) is 24.0 Å². The third kappa shape index (κ3) is 4.13. The lowest BCUT2D eigenvalue weighted by Gasteiger charge is -2.38. The Hall–Kier alpha value is -0.500. The van der Waals surface area contributed by atoms with Crippen LogP contribution in [0.3, 0.4) is 0 Å². The Morgan fingerprint density at radius 2 is 2.17 bits per heavy atom. The fourth-order valence-electron chi connectivity index (χ4n) is 3.53. The molecule has 1 aromatic carbocycles. The zero-order valence-corrected chi connectivity index (χ0v) is 17.7. The number of benzene rings is 1. The average molecular weight is 494 g/mol. The van der Waals surface area contributed by atoms with Gasteiger partial charge in [0.2, 0.25) is 0 Å². The zero-order chi connectivity index (χ0) is 15.6. The molecule has 23 heavy (non-hydrogen) atoms. The summed E-state index contributed by atoms with van der Waals surface area (Å²) in [6.07, 6.45) is 5.51. The lowest BCUT2D eigenvalue weighted by Crippen LogP contribution is -2.42. The van der Waals surface area contributed by atoms with Crippen LogP contribution in [-0.2, 0) is 6.54 Å². The van der Waals surface area contributed by atoms with Crippen LogP contribution in [0.1, 0.15) is 31.2 Å². The van der Waals surface area contributed by atoms with Crippen LogP contribution in [0.25, 0.3) is 0 Å². The molecule has 2 aliphatic rings. The molecular weight excluding hydrogens is 469 g/mol. The highest BCUT2D eigenvalue weighted by atomic mass is 127. The van der Waals surface area contributed by atoms with Gasteiger partial charge in [0.05, 0.1) is 11.6 Å². The Kier molecular flexibility index (Phi) is 6.59. The van der Waals surface area contributed by atoms with E-state index in [1.54, 1.807) is 7.11 Å². The molecule has 3 rings (SSSR count). The van der Waals surface area contributed by atoms with Gasteiger partial charge in [-0.25, -0.2) is 0 Å². The van der Waals surface area contributed by atoms with Crippen molar-refractivity contribution in [2.45, 2.75) is 32.2 Å². The van der Waals surface area contributed by atoms with E-state index in [0.717, 1.165) is 29.3 Å². The zero-order valence-electron chi connectivity index (χ0n) is 13.8. The second kappa shape index (κ2) is 8.05. The summed E-state index contributed by atoms with van der Waals surface area (Å²) in [4.78, 5) is 6.87. The average Bonchev–Trinajstić information content (AvgIpc) is 2.94. The molecule has 0 amide bonds. The highest BCUT2D eigenvalue weighted by Gasteiger charge is 2.43. The van der Waals surface area contributed by atoms with E-state index >= 15 is 0 Å². The van der Waals surface area contributed by atoms with Gasteiger partial charge in [0.25, 0.3) is 0 Å². The van der Waals surface area contributed by atoms with Crippen molar-refractivity contribution in [1.82, 2.24) is 10.2 Å². The molecule has 0 unspecified atom stereocenters. The number of nitrogens with zero attached hydrogens (tertiary/aromatic N) is 2. The number of aliphatic imine (C=N–C) groups is 1. The van der Waals surface area contributed by atoms with E-state index in [4.69, 9.17) is 4.74 Å². The first kappa shape index (κ1) is 18.8. The largest absolute Gasteiger partial charge is 0.496 e. The Bertz CT molecular complexity index is 575. The van der Waals surface area contributed by atoms with Crippen molar-refractivity contribution in [1.29, 1.82) is 0 Å². The lowest BCUT2D eigenvalue weighted by molar-refractivity contribution is 0.151. The van der Waals surface area contributed by atoms with Crippen molar-refractivity contribution in [3.63, 3.8) is 0 Å². The van der Waals surface area contributed by atoms with Crippen molar-refractivity contribution in [3.05, 3.63) is 28.2 Å². The molecule has 1 aliphatic carbocycles. The summed E-state index contributed by atoms with van der Waals surface area (Å²) < 4.78 is 6.26. The van der Waals surface area contributed by atoms with Gasteiger partial charge in [0, 0.05) is 26.7 Å². The van der Waals surface area contributed by atoms with E-state index in [1.165, 1.54) is 37.8 Å². The van der Waals surface area contributed by atoms with Gasteiger partial charge >= 0.3 is 0 Å². The number of guanidine groups is 1. The number of hydrogen-bond donors (Lipinski definition) is 1. The van der Waals surface area contributed by atoms with Gasteiger partial charge < -0.3 is 15.0 Å². The maximum Gasteiger partial charge on any atom is 0.193 e. The number of methoxy groups -OCH3 is 1. The summed E-state index contributed by atoms with van der Waals surface area (Å²) >= 11 is 3.54. The molecule has 4 nitrogen and oxygen atoms in total. The number of halogens is 2. The Balaban J connectivity index is 0.00000192. The first-order valence-corrected chi connectivity index (χ1v) is 8.73. The standard InChI is InChI=1S/C17H24BrN3O.HI/c1-19-16(21-9-8-17(12-21)6-3-7-17)20-11-13-4-5-15(22-2)14(18)10-13;/h4-5,10H,3,6-9,11-12H2,1-2H3,(H,19,20);1H. The molecular formula is C17H25BrIN3O. The molecule has 0 atom stereocenters. The number of ether oxygens (including phenoxy) is 1. The van der Waals surface area contributed by atoms with E-state index < -0.39 is 0 Å². The van der Waals surface area contributed by atoms with E-state index in [1.807, 2.05) is 13.1 Å². The minimum Gasteiger partial charge on any atom is -0.496 e. The minimum atomic E-state index is 0. The summed E-state index contributed by atoms with van der Waals surface area (Å²) in [6.45, 7) is 3.07. The van der Waals surface area contributed by atoms with E-state index in [9.17, 15) is 0 Å².